The van der Waals surface area contributed by atoms with Gasteiger partial charge in [0.25, 0.3) is 0 Å². The lowest BCUT2D eigenvalue weighted by molar-refractivity contribution is 0.111. The molecule has 0 atom stereocenters. The number of aryl methyl sites for hydroxylation is 1. The van der Waals surface area contributed by atoms with Crippen LogP contribution in [0.3, 0.4) is 0 Å². The van der Waals surface area contributed by atoms with Gasteiger partial charge in [-0.3, -0.25) is 14.7 Å². The van der Waals surface area contributed by atoms with Gasteiger partial charge in [-0.15, -0.1) is 0 Å². The van der Waals surface area contributed by atoms with Crippen LogP contribution in [0.15, 0.2) is 6.20 Å². The Labute approximate surface area is 274 Å². The zero-order valence-electron chi connectivity index (χ0n) is 29.8. The monoisotopic (exact) mass is 615 g/mol. The molecule has 0 aliphatic carbocycles. The summed E-state index contributed by atoms with van der Waals surface area (Å²) in [5, 5.41) is 10.4. The summed E-state index contributed by atoms with van der Waals surface area (Å²) in [6.07, 6.45) is 41.1. The molecule has 0 saturated carbocycles. The second-order valence-corrected chi connectivity index (χ2v) is 13.7. The highest BCUT2D eigenvalue weighted by Crippen LogP contribution is 2.23. The first-order chi connectivity index (χ1) is 21.6. The fraction of sp³-hybridized carbons (Fsp3) is 0.850. The number of hydrogen-bond acceptors (Lipinski definition) is 4. The summed E-state index contributed by atoms with van der Waals surface area (Å²) >= 11 is 0. The van der Waals surface area contributed by atoms with E-state index < -0.39 is 0 Å². The maximum Gasteiger partial charge on any atom is 0.154 e. The van der Waals surface area contributed by atoms with Gasteiger partial charge in [-0.25, -0.2) is 0 Å². The van der Waals surface area contributed by atoms with Crippen molar-refractivity contribution >= 4 is 6.29 Å². The molecule has 0 aliphatic rings. The predicted octanol–water partition coefficient (Wildman–Crippen LogP) is 12.7. The first-order valence-corrected chi connectivity index (χ1v) is 19.5. The van der Waals surface area contributed by atoms with E-state index in [1.807, 2.05) is 0 Å². The van der Waals surface area contributed by atoms with E-state index in [-0.39, 0.29) is 5.75 Å². The van der Waals surface area contributed by atoms with Crippen molar-refractivity contribution in [1.82, 2.24) is 9.88 Å². The van der Waals surface area contributed by atoms with Crippen LogP contribution in [-0.2, 0) is 6.54 Å². The molecule has 44 heavy (non-hydrogen) atoms. The standard InChI is InChI=1S/C40H74N2O2/c1-4-6-8-10-12-14-16-18-20-22-24-26-28-30-32-42(35-38-34-41-37(3)40(44)39(38)36-43)33-31-29-27-25-23-21-19-17-15-13-11-9-7-5-2/h34,36,44H,4-33,35H2,1-3H3. The van der Waals surface area contributed by atoms with E-state index in [1.165, 1.54) is 180 Å². The lowest BCUT2D eigenvalue weighted by Gasteiger charge is -2.23. The summed E-state index contributed by atoms with van der Waals surface area (Å²) in [6, 6.07) is 0. The summed E-state index contributed by atoms with van der Waals surface area (Å²) in [5.74, 6) is 0.0467. The molecule has 1 N–H and O–H groups in total. The van der Waals surface area contributed by atoms with Gasteiger partial charge in [-0.2, -0.15) is 0 Å². The third-order valence-electron chi connectivity index (χ3n) is 9.53. The summed E-state index contributed by atoms with van der Waals surface area (Å²) < 4.78 is 0. The lowest BCUT2D eigenvalue weighted by Crippen LogP contribution is -2.26. The highest BCUT2D eigenvalue weighted by Gasteiger charge is 2.14. The number of carbonyl (C=O) groups is 1. The van der Waals surface area contributed by atoms with Crippen LogP contribution >= 0.6 is 0 Å². The summed E-state index contributed by atoms with van der Waals surface area (Å²) in [4.78, 5) is 18.6. The van der Waals surface area contributed by atoms with Crippen LogP contribution in [0.5, 0.6) is 5.75 Å². The fourth-order valence-corrected chi connectivity index (χ4v) is 6.48. The quantitative estimate of drug-likeness (QED) is 0.0632. The number of aromatic hydroxyl groups is 1. The van der Waals surface area contributed by atoms with Crippen LogP contribution < -0.4 is 0 Å². The molecule has 0 saturated heterocycles. The second kappa shape index (κ2) is 30.2. The molecule has 4 nitrogen and oxygen atoms in total. The maximum absolute atomic E-state index is 11.8. The van der Waals surface area contributed by atoms with Crippen molar-refractivity contribution in [2.24, 2.45) is 0 Å². The minimum Gasteiger partial charge on any atom is -0.505 e. The Hall–Kier alpha value is -1.42. The SMILES string of the molecule is CCCCCCCCCCCCCCCCN(CCCCCCCCCCCCCCCC)Cc1cnc(C)c(O)c1C=O. The zero-order valence-corrected chi connectivity index (χ0v) is 29.8. The fourth-order valence-electron chi connectivity index (χ4n) is 6.48. The molecule has 0 aromatic carbocycles. The van der Waals surface area contributed by atoms with Gasteiger partial charge in [-0.05, 0) is 38.4 Å². The molecule has 0 amide bonds. The molecule has 4 heteroatoms. The lowest BCUT2D eigenvalue weighted by atomic mass is 10.0. The van der Waals surface area contributed by atoms with E-state index >= 15 is 0 Å². The minimum absolute atomic E-state index is 0.0467. The first kappa shape index (κ1) is 40.6. The van der Waals surface area contributed by atoms with E-state index in [1.54, 1.807) is 13.1 Å². The van der Waals surface area contributed by atoms with Crippen LogP contribution in [0.4, 0.5) is 0 Å². The number of pyridine rings is 1. The first-order valence-electron chi connectivity index (χ1n) is 19.5. The third kappa shape index (κ3) is 22.1. The van der Waals surface area contributed by atoms with E-state index in [9.17, 15) is 9.90 Å². The van der Waals surface area contributed by atoms with Crippen molar-refractivity contribution in [3.63, 3.8) is 0 Å². The molecule has 0 radical (unpaired) electrons. The molecule has 1 aromatic rings. The Balaban J connectivity index is 2.25. The molecule has 0 fully saturated rings. The zero-order chi connectivity index (χ0) is 31.9. The smallest absolute Gasteiger partial charge is 0.154 e. The van der Waals surface area contributed by atoms with Crippen molar-refractivity contribution in [1.29, 1.82) is 0 Å². The number of nitrogens with zero attached hydrogens (tertiary/aromatic N) is 2. The molecule has 0 bridgehead atoms. The van der Waals surface area contributed by atoms with Crippen molar-refractivity contribution in [2.45, 2.75) is 207 Å². The van der Waals surface area contributed by atoms with Crippen molar-refractivity contribution in [2.75, 3.05) is 13.1 Å². The number of aromatic nitrogens is 1. The van der Waals surface area contributed by atoms with Crippen LogP contribution in [0.2, 0.25) is 0 Å². The molecule has 0 aliphatic heterocycles. The molecular weight excluding hydrogens is 540 g/mol. The van der Waals surface area contributed by atoms with E-state index in [2.05, 4.69) is 23.7 Å². The average molecular weight is 615 g/mol. The van der Waals surface area contributed by atoms with Gasteiger partial charge in [0.2, 0.25) is 0 Å². The molecule has 1 aromatic heterocycles. The third-order valence-corrected chi connectivity index (χ3v) is 9.53. The van der Waals surface area contributed by atoms with E-state index in [0.29, 0.717) is 17.8 Å². The van der Waals surface area contributed by atoms with E-state index in [0.717, 1.165) is 24.9 Å². The van der Waals surface area contributed by atoms with Crippen molar-refractivity contribution in [3.05, 3.63) is 23.0 Å². The van der Waals surface area contributed by atoms with Crippen LogP contribution in [0, 0.1) is 6.92 Å². The molecule has 1 rings (SSSR count). The Morgan fingerprint density at radius 1 is 0.568 bits per heavy atom. The Morgan fingerprint density at radius 2 is 0.886 bits per heavy atom. The van der Waals surface area contributed by atoms with Gasteiger partial charge in [-0.1, -0.05) is 181 Å². The van der Waals surface area contributed by atoms with Crippen LogP contribution in [0.25, 0.3) is 0 Å². The van der Waals surface area contributed by atoms with Gasteiger partial charge < -0.3 is 5.11 Å². The minimum atomic E-state index is 0.0467. The highest BCUT2D eigenvalue weighted by molar-refractivity contribution is 5.81. The van der Waals surface area contributed by atoms with Crippen LogP contribution in [0.1, 0.15) is 215 Å². The van der Waals surface area contributed by atoms with Gasteiger partial charge in [0.05, 0.1) is 11.3 Å². The van der Waals surface area contributed by atoms with E-state index in [4.69, 9.17) is 0 Å². The average Bonchev–Trinajstić information content (AvgIpc) is 3.03. The summed E-state index contributed by atoms with van der Waals surface area (Å²) in [5.41, 5.74) is 1.81. The molecule has 0 unspecified atom stereocenters. The number of hydrogen-bond donors (Lipinski definition) is 1. The highest BCUT2D eigenvalue weighted by atomic mass is 16.3. The molecular formula is C40H74N2O2. The normalized spacial score (nSPS) is 11.5. The molecule has 256 valence electrons. The Morgan fingerprint density at radius 3 is 1.20 bits per heavy atom. The van der Waals surface area contributed by atoms with Gasteiger partial charge in [0.15, 0.2) is 6.29 Å². The largest absolute Gasteiger partial charge is 0.505 e. The number of rotatable bonds is 33. The second-order valence-electron chi connectivity index (χ2n) is 13.7. The van der Waals surface area contributed by atoms with Crippen molar-refractivity contribution in [3.8, 4) is 5.75 Å². The maximum atomic E-state index is 11.8. The van der Waals surface area contributed by atoms with Gasteiger partial charge in [0.1, 0.15) is 5.75 Å². The number of carbonyl (C=O) groups excluding carboxylic acids is 1. The topological polar surface area (TPSA) is 53.4 Å². The number of unbranched alkanes of at least 4 members (excludes halogenated alkanes) is 26. The Kier molecular flexibility index (Phi) is 27.9. The van der Waals surface area contributed by atoms with Gasteiger partial charge >= 0.3 is 0 Å². The van der Waals surface area contributed by atoms with Crippen LogP contribution in [-0.4, -0.2) is 34.4 Å². The Bertz CT molecular complexity index is 749. The number of aldehydes is 1. The molecule has 0 spiro atoms. The summed E-state index contributed by atoms with van der Waals surface area (Å²) in [7, 11) is 0. The van der Waals surface area contributed by atoms with Crippen molar-refractivity contribution < 1.29 is 9.90 Å². The van der Waals surface area contributed by atoms with Gasteiger partial charge in [0, 0.05) is 12.7 Å². The molecule has 1 heterocycles. The predicted molar refractivity (Wildman–Crippen MR) is 192 cm³/mol. The summed E-state index contributed by atoms with van der Waals surface area (Å²) in [6.45, 7) is 9.15.